The van der Waals surface area contributed by atoms with Crippen LogP contribution in [0.2, 0.25) is 0 Å². The molecule has 0 bridgehead atoms. The SMILES string of the molecule is C/C(=N\O)[C@@H]1COc2ccc(Br)cc21. The first kappa shape index (κ1) is 9.52. The van der Waals surface area contributed by atoms with Crippen molar-refractivity contribution in [2.24, 2.45) is 5.16 Å². The number of hydrogen-bond donors (Lipinski definition) is 1. The summed E-state index contributed by atoms with van der Waals surface area (Å²) in [6.45, 7) is 2.35. The van der Waals surface area contributed by atoms with E-state index in [1.165, 1.54) is 0 Å². The van der Waals surface area contributed by atoms with Crippen LogP contribution in [0.3, 0.4) is 0 Å². The second kappa shape index (κ2) is 3.61. The monoisotopic (exact) mass is 255 g/mol. The summed E-state index contributed by atoms with van der Waals surface area (Å²) in [6, 6.07) is 5.86. The predicted molar refractivity (Wildman–Crippen MR) is 57.3 cm³/mol. The van der Waals surface area contributed by atoms with Crippen molar-refractivity contribution in [1.29, 1.82) is 0 Å². The number of benzene rings is 1. The minimum atomic E-state index is 0.0764. The van der Waals surface area contributed by atoms with E-state index < -0.39 is 0 Å². The van der Waals surface area contributed by atoms with E-state index in [1.807, 2.05) is 18.2 Å². The molecule has 1 N–H and O–H groups in total. The molecule has 2 rings (SSSR count). The van der Waals surface area contributed by atoms with Gasteiger partial charge in [0.25, 0.3) is 0 Å². The third-order valence-electron chi connectivity index (χ3n) is 2.41. The molecule has 1 aromatic carbocycles. The number of oxime groups is 1. The van der Waals surface area contributed by atoms with Gasteiger partial charge in [-0.05, 0) is 25.1 Å². The number of ether oxygens (including phenoxy) is 1. The molecule has 4 heteroatoms. The number of nitrogens with zero attached hydrogens (tertiary/aromatic N) is 1. The van der Waals surface area contributed by atoms with Gasteiger partial charge in [0.1, 0.15) is 12.4 Å². The Bertz CT molecular complexity index is 390. The Morgan fingerprint density at radius 3 is 3.14 bits per heavy atom. The van der Waals surface area contributed by atoms with Crippen molar-refractivity contribution in [1.82, 2.24) is 0 Å². The van der Waals surface area contributed by atoms with E-state index in [9.17, 15) is 0 Å². The lowest BCUT2D eigenvalue weighted by molar-refractivity contribution is 0.310. The lowest BCUT2D eigenvalue weighted by atomic mass is 9.97. The second-order valence-corrected chi connectivity index (χ2v) is 4.20. The van der Waals surface area contributed by atoms with Crippen LogP contribution >= 0.6 is 15.9 Å². The van der Waals surface area contributed by atoms with Gasteiger partial charge in [-0.3, -0.25) is 0 Å². The maximum Gasteiger partial charge on any atom is 0.123 e. The van der Waals surface area contributed by atoms with Gasteiger partial charge < -0.3 is 9.94 Å². The molecule has 3 nitrogen and oxygen atoms in total. The lowest BCUT2D eigenvalue weighted by Gasteiger charge is -2.05. The zero-order valence-electron chi connectivity index (χ0n) is 7.70. The highest BCUT2D eigenvalue weighted by Gasteiger charge is 2.26. The van der Waals surface area contributed by atoms with Crippen molar-refractivity contribution >= 4 is 21.6 Å². The minimum Gasteiger partial charge on any atom is -0.492 e. The van der Waals surface area contributed by atoms with E-state index in [0.717, 1.165) is 15.8 Å². The highest BCUT2D eigenvalue weighted by atomic mass is 79.9. The van der Waals surface area contributed by atoms with Gasteiger partial charge in [0, 0.05) is 10.0 Å². The zero-order chi connectivity index (χ0) is 10.1. The number of halogens is 1. The molecular weight excluding hydrogens is 246 g/mol. The molecule has 1 heterocycles. The Kier molecular flexibility index (Phi) is 2.46. The normalized spacial score (nSPS) is 20.4. The molecule has 0 unspecified atom stereocenters. The first-order valence-electron chi connectivity index (χ1n) is 4.33. The summed E-state index contributed by atoms with van der Waals surface area (Å²) in [4.78, 5) is 0. The fourth-order valence-electron chi connectivity index (χ4n) is 1.60. The van der Waals surface area contributed by atoms with Crippen molar-refractivity contribution in [3.8, 4) is 5.75 Å². The second-order valence-electron chi connectivity index (χ2n) is 3.29. The summed E-state index contributed by atoms with van der Waals surface area (Å²) < 4.78 is 6.49. The van der Waals surface area contributed by atoms with Gasteiger partial charge >= 0.3 is 0 Å². The molecule has 1 aliphatic heterocycles. The third-order valence-corrected chi connectivity index (χ3v) is 2.91. The van der Waals surface area contributed by atoms with Crippen LogP contribution in [0.1, 0.15) is 18.4 Å². The molecule has 0 amide bonds. The van der Waals surface area contributed by atoms with Crippen LogP contribution in [0.25, 0.3) is 0 Å². The van der Waals surface area contributed by atoms with Gasteiger partial charge in [-0.15, -0.1) is 0 Å². The fraction of sp³-hybridized carbons (Fsp3) is 0.300. The van der Waals surface area contributed by atoms with E-state index >= 15 is 0 Å². The topological polar surface area (TPSA) is 41.8 Å². The van der Waals surface area contributed by atoms with E-state index in [2.05, 4.69) is 21.1 Å². The molecule has 14 heavy (non-hydrogen) atoms. The van der Waals surface area contributed by atoms with Crippen LogP contribution in [-0.2, 0) is 0 Å². The van der Waals surface area contributed by atoms with Crippen molar-refractivity contribution in [2.45, 2.75) is 12.8 Å². The van der Waals surface area contributed by atoms with Crippen LogP contribution in [0.5, 0.6) is 5.75 Å². The quantitative estimate of drug-likeness (QED) is 0.477. The summed E-state index contributed by atoms with van der Waals surface area (Å²) in [5.74, 6) is 0.952. The van der Waals surface area contributed by atoms with Gasteiger partial charge in [0.2, 0.25) is 0 Å². The summed E-state index contributed by atoms with van der Waals surface area (Å²) in [5.41, 5.74) is 1.76. The lowest BCUT2D eigenvalue weighted by Crippen LogP contribution is -2.10. The standard InChI is InChI=1S/C10H10BrNO2/c1-6(12-13)9-5-14-10-3-2-7(11)4-8(9)10/h2-4,9,13H,5H2,1H3/b12-6+/t9-/m0/s1. The molecule has 0 saturated carbocycles. The van der Waals surface area contributed by atoms with Crippen molar-refractivity contribution in [3.05, 3.63) is 28.2 Å². The van der Waals surface area contributed by atoms with Crippen molar-refractivity contribution in [3.63, 3.8) is 0 Å². The van der Waals surface area contributed by atoms with Gasteiger partial charge in [0.05, 0.1) is 11.6 Å². The van der Waals surface area contributed by atoms with E-state index in [-0.39, 0.29) is 5.92 Å². The predicted octanol–water partition coefficient (Wildman–Crippen LogP) is 2.78. The Morgan fingerprint density at radius 2 is 2.43 bits per heavy atom. The van der Waals surface area contributed by atoms with E-state index in [0.29, 0.717) is 12.3 Å². The molecule has 0 aliphatic carbocycles. The summed E-state index contributed by atoms with van der Waals surface area (Å²) in [6.07, 6.45) is 0. The largest absolute Gasteiger partial charge is 0.492 e. The Balaban J connectivity index is 2.43. The van der Waals surface area contributed by atoms with E-state index in [4.69, 9.17) is 9.94 Å². The summed E-state index contributed by atoms with van der Waals surface area (Å²) >= 11 is 3.41. The van der Waals surface area contributed by atoms with Crippen LogP contribution in [0.15, 0.2) is 27.8 Å². The maximum absolute atomic E-state index is 8.71. The molecule has 0 spiro atoms. The van der Waals surface area contributed by atoms with Crippen molar-refractivity contribution in [2.75, 3.05) is 6.61 Å². The number of rotatable bonds is 1. The minimum absolute atomic E-state index is 0.0764. The molecule has 1 aromatic rings. The fourth-order valence-corrected chi connectivity index (χ4v) is 1.98. The first-order valence-corrected chi connectivity index (χ1v) is 5.12. The first-order chi connectivity index (χ1) is 6.72. The van der Waals surface area contributed by atoms with Gasteiger partial charge in [-0.2, -0.15) is 0 Å². The Labute approximate surface area is 90.5 Å². The number of fused-ring (bicyclic) bond motifs is 1. The van der Waals surface area contributed by atoms with Crippen LogP contribution in [0, 0.1) is 0 Å². The highest BCUT2D eigenvalue weighted by Crippen LogP contribution is 2.36. The maximum atomic E-state index is 8.71. The molecule has 0 radical (unpaired) electrons. The molecule has 1 atom stereocenters. The molecule has 0 saturated heterocycles. The third kappa shape index (κ3) is 1.50. The van der Waals surface area contributed by atoms with Crippen molar-refractivity contribution < 1.29 is 9.94 Å². The molecule has 74 valence electrons. The average molecular weight is 256 g/mol. The molecule has 0 aromatic heterocycles. The van der Waals surface area contributed by atoms with Crippen LogP contribution < -0.4 is 4.74 Å². The highest BCUT2D eigenvalue weighted by molar-refractivity contribution is 9.10. The van der Waals surface area contributed by atoms with Gasteiger partial charge in [0.15, 0.2) is 0 Å². The van der Waals surface area contributed by atoms with Crippen LogP contribution in [-0.4, -0.2) is 17.5 Å². The summed E-state index contributed by atoms with van der Waals surface area (Å²) in [5, 5.41) is 11.9. The summed E-state index contributed by atoms with van der Waals surface area (Å²) in [7, 11) is 0. The number of hydrogen-bond acceptors (Lipinski definition) is 3. The molecule has 1 aliphatic rings. The molecular formula is C10H10BrNO2. The zero-order valence-corrected chi connectivity index (χ0v) is 9.28. The molecule has 0 fully saturated rings. The Morgan fingerprint density at radius 1 is 1.64 bits per heavy atom. The van der Waals surface area contributed by atoms with Gasteiger partial charge in [-0.25, -0.2) is 0 Å². The smallest absolute Gasteiger partial charge is 0.123 e. The van der Waals surface area contributed by atoms with E-state index in [1.54, 1.807) is 6.92 Å². The van der Waals surface area contributed by atoms with Crippen LogP contribution in [0.4, 0.5) is 0 Å². The van der Waals surface area contributed by atoms with Gasteiger partial charge in [-0.1, -0.05) is 21.1 Å². The Hall–Kier alpha value is -1.03. The average Bonchev–Trinajstić information content (AvgIpc) is 2.59.